The van der Waals surface area contributed by atoms with E-state index >= 15 is 0 Å². The molecule has 15 heavy (non-hydrogen) atoms. The minimum atomic E-state index is -0.770. The van der Waals surface area contributed by atoms with Gasteiger partial charge in [-0.3, -0.25) is 4.79 Å². The molecule has 0 atom stereocenters. The maximum absolute atomic E-state index is 10.3. The summed E-state index contributed by atoms with van der Waals surface area (Å²) in [6, 6.07) is 1.91. The number of aromatic nitrogens is 1. The zero-order chi connectivity index (χ0) is 11.3. The van der Waals surface area contributed by atoms with Crippen LogP contribution >= 0.6 is 15.9 Å². The van der Waals surface area contributed by atoms with Gasteiger partial charge in [-0.25, -0.2) is 4.98 Å². The van der Waals surface area contributed by atoms with Crippen molar-refractivity contribution in [2.75, 3.05) is 11.9 Å². The van der Waals surface area contributed by atoms with Crippen LogP contribution in [0.25, 0.3) is 0 Å². The lowest BCUT2D eigenvalue weighted by Gasteiger charge is -2.07. The number of aliphatic carboxylic acids is 1. The fourth-order valence-corrected chi connectivity index (χ4v) is 1.48. The average molecular weight is 273 g/mol. The van der Waals surface area contributed by atoms with Crippen LogP contribution in [0.3, 0.4) is 0 Å². The first kappa shape index (κ1) is 12.0. The molecule has 1 aromatic heterocycles. The lowest BCUT2D eigenvalue weighted by atomic mass is 10.3. The maximum Gasteiger partial charge on any atom is 0.303 e. The van der Waals surface area contributed by atoms with Crippen LogP contribution in [0.5, 0.6) is 0 Å². The molecule has 0 unspecified atom stereocenters. The smallest absolute Gasteiger partial charge is 0.303 e. The molecule has 0 fully saturated rings. The summed E-state index contributed by atoms with van der Waals surface area (Å²) < 4.78 is 0.931. The highest BCUT2D eigenvalue weighted by molar-refractivity contribution is 9.10. The van der Waals surface area contributed by atoms with Gasteiger partial charge in [0.15, 0.2) is 0 Å². The molecule has 5 heteroatoms. The van der Waals surface area contributed by atoms with Crippen LogP contribution in [-0.4, -0.2) is 22.6 Å². The van der Waals surface area contributed by atoms with E-state index in [1.54, 1.807) is 6.20 Å². The number of nitrogens with one attached hydrogen (secondary N) is 1. The summed E-state index contributed by atoms with van der Waals surface area (Å²) in [4.78, 5) is 14.4. The third kappa shape index (κ3) is 3.87. The number of hydrogen-bond acceptors (Lipinski definition) is 3. The van der Waals surface area contributed by atoms with Gasteiger partial charge in [-0.1, -0.05) is 0 Å². The molecule has 2 N–H and O–H groups in total. The van der Waals surface area contributed by atoms with Crippen LogP contribution in [-0.2, 0) is 4.79 Å². The van der Waals surface area contributed by atoms with Crippen molar-refractivity contribution in [3.8, 4) is 0 Å². The standard InChI is InChI=1S/C10H13BrN2O2/c1-7-4-6-13-10(9(7)11)12-5-2-3-8(14)15/h4,6H,2-3,5H2,1H3,(H,12,13)(H,14,15). The molecule has 82 valence electrons. The molecule has 1 heterocycles. The highest BCUT2D eigenvalue weighted by Gasteiger charge is 2.03. The van der Waals surface area contributed by atoms with Gasteiger partial charge in [-0.05, 0) is 40.9 Å². The lowest BCUT2D eigenvalue weighted by Crippen LogP contribution is -2.06. The van der Waals surface area contributed by atoms with Crippen molar-refractivity contribution in [1.29, 1.82) is 0 Å². The number of halogens is 1. The Labute approximate surface area is 96.8 Å². The first-order valence-electron chi connectivity index (χ1n) is 4.68. The van der Waals surface area contributed by atoms with Gasteiger partial charge in [-0.15, -0.1) is 0 Å². The van der Waals surface area contributed by atoms with Gasteiger partial charge in [0, 0.05) is 19.2 Å². The molecule has 1 aromatic rings. The quantitative estimate of drug-likeness (QED) is 0.809. The Hall–Kier alpha value is -1.10. The second-order valence-corrected chi connectivity index (χ2v) is 4.01. The fourth-order valence-electron chi connectivity index (χ4n) is 1.11. The van der Waals surface area contributed by atoms with Crippen molar-refractivity contribution in [3.63, 3.8) is 0 Å². The van der Waals surface area contributed by atoms with E-state index in [2.05, 4.69) is 26.2 Å². The van der Waals surface area contributed by atoms with E-state index in [0.29, 0.717) is 13.0 Å². The molecule has 0 saturated heterocycles. The largest absolute Gasteiger partial charge is 0.481 e. The Morgan fingerprint density at radius 3 is 3.07 bits per heavy atom. The number of pyridine rings is 1. The summed E-state index contributed by atoms with van der Waals surface area (Å²) in [5.41, 5.74) is 1.10. The van der Waals surface area contributed by atoms with Crippen molar-refractivity contribution in [3.05, 3.63) is 22.3 Å². The van der Waals surface area contributed by atoms with Crippen LogP contribution in [0.1, 0.15) is 18.4 Å². The number of hydrogen-bond donors (Lipinski definition) is 2. The van der Waals surface area contributed by atoms with Crippen molar-refractivity contribution < 1.29 is 9.90 Å². The third-order valence-corrected chi connectivity index (χ3v) is 2.94. The molecule has 0 aliphatic heterocycles. The number of carbonyl (C=O) groups is 1. The summed E-state index contributed by atoms with van der Waals surface area (Å²) in [6.45, 7) is 2.59. The average Bonchev–Trinajstić information content (AvgIpc) is 2.18. The minimum Gasteiger partial charge on any atom is -0.481 e. The zero-order valence-electron chi connectivity index (χ0n) is 8.46. The summed E-state index contributed by atoms with van der Waals surface area (Å²) in [5, 5.41) is 11.5. The number of aryl methyl sites for hydroxylation is 1. The third-order valence-electron chi connectivity index (χ3n) is 1.94. The van der Waals surface area contributed by atoms with E-state index in [0.717, 1.165) is 15.9 Å². The fraction of sp³-hybridized carbons (Fsp3) is 0.400. The number of anilines is 1. The van der Waals surface area contributed by atoms with Gasteiger partial charge < -0.3 is 10.4 Å². The second-order valence-electron chi connectivity index (χ2n) is 3.21. The van der Waals surface area contributed by atoms with Gasteiger partial charge in [-0.2, -0.15) is 0 Å². The second kappa shape index (κ2) is 5.70. The first-order chi connectivity index (χ1) is 7.11. The van der Waals surface area contributed by atoms with Gasteiger partial charge in [0.05, 0.1) is 4.47 Å². The van der Waals surface area contributed by atoms with Crippen molar-refractivity contribution in [2.45, 2.75) is 19.8 Å². The highest BCUT2D eigenvalue weighted by atomic mass is 79.9. The normalized spacial score (nSPS) is 10.0. The van der Waals surface area contributed by atoms with Gasteiger partial charge in [0.25, 0.3) is 0 Å². The minimum absolute atomic E-state index is 0.177. The molecule has 0 aliphatic carbocycles. The molecule has 0 aliphatic rings. The number of carboxylic acids is 1. The highest BCUT2D eigenvalue weighted by Crippen LogP contribution is 2.22. The van der Waals surface area contributed by atoms with E-state index in [1.807, 2.05) is 13.0 Å². The summed E-state index contributed by atoms with van der Waals surface area (Å²) >= 11 is 3.42. The van der Waals surface area contributed by atoms with E-state index in [1.165, 1.54) is 0 Å². The van der Waals surface area contributed by atoms with Gasteiger partial charge >= 0.3 is 5.97 Å². The first-order valence-corrected chi connectivity index (χ1v) is 5.47. The summed E-state index contributed by atoms with van der Waals surface area (Å²) in [6.07, 6.45) is 2.49. The molecule has 0 amide bonds. The number of nitrogens with zero attached hydrogens (tertiary/aromatic N) is 1. The van der Waals surface area contributed by atoms with Crippen LogP contribution in [0, 0.1) is 6.92 Å². The topological polar surface area (TPSA) is 62.2 Å². The summed E-state index contributed by atoms with van der Waals surface area (Å²) in [7, 11) is 0. The van der Waals surface area contributed by atoms with Crippen LogP contribution in [0.2, 0.25) is 0 Å². The molecule has 4 nitrogen and oxygen atoms in total. The molecule has 0 spiro atoms. The maximum atomic E-state index is 10.3. The Morgan fingerprint density at radius 2 is 2.40 bits per heavy atom. The van der Waals surface area contributed by atoms with Crippen LogP contribution < -0.4 is 5.32 Å². The van der Waals surface area contributed by atoms with Crippen molar-refractivity contribution >= 4 is 27.7 Å². The molecule has 0 radical (unpaired) electrons. The number of rotatable bonds is 5. The van der Waals surface area contributed by atoms with E-state index < -0.39 is 5.97 Å². The Morgan fingerprint density at radius 1 is 1.67 bits per heavy atom. The lowest BCUT2D eigenvalue weighted by molar-refractivity contribution is -0.137. The molecule has 0 aromatic carbocycles. The Kier molecular flexibility index (Phi) is 4.55. The SMILES string of the molecule is Cc1ccnc(NCCCC(=O)O)c1Br. The predicted molar refractivity (Wildman–Crippen MR) is 62.0 cm³/mol. The zero-order valence-corrected chi connectivity index (χ0v) is 10.0. The molecular weight excluding hydrogens is 260 g/mol. The molecular formula is C10H13BrN2O2. The monoisotopic (exact) mass is 272 g/mol. The molecule has 0 saturated carbocycles. The Bertz CT molecular complexity index is 355. The Balaban J connectivity index is 2.44. The predicted octanol–water partition coefficient (Wildman–Crippen LogP) is 2.43. The van der Waals surface area contributed by atoms with E-state index in [-0.39, 0.29) is 6.42 Å². The van der Waals surface area contributed by atoms with E-state index in [4.69, 9.17) is 5.11 Å². The van der Waals surface area contributed by atoms with E-state index in [9.17, 15) is 4.79 Å². The molecule has 0 bridgehead atoms. The number of carboxylic acid groups (broad SMARTS) is 1. The van der Waals surface area contributed by atoms with Crippen LogP contribution in [0.4, 0.5) is 5.82 Å². The van der Waals surface area contributed by atoms with Gasteiger partial charge in [0.2, 0.25) is 0 Å². The summed E-state index contributed by atoms with van der Waals surface area (Å²) in [5.74, 6) is -0.00606. The van der Waals surface area contributed by atoms with Crippen molar-refractivity contribution in [1.82, 2.24) is 4.98 Å². The van der Waals surface area contributed by atoms with Crippen molar-refractivity contribution in [2.24, 2.45) is 0 Å². The van der Waals surface area contributed by atoms with Crippen LogP contribution in [0.15, 0.2) is 16.7 Å². The molecule has 1 rings (SSSR count). The van der Waals surface area contributed by atoms with Gasteiger partial charge in [0.1, 0.15) is 5.82 Å².